The summed E-state index contributed by atoms with van der Waals surface area (Å²) in [6, 6.07) is 8.50. The molecule has 0 fully saturated rings. The predicted octanol–water partition coefficient (Wildman–Crippen LogP) is 4.76. The van der Waals surface area contributed by atoms with Crippen LogP contribution in [0, 0.1) is 15.9 Å². The minimum absolute atomic E-state index is 0.127. The van der Waals surface area contributed by atoms with Crippen molar-refractivity contribution in [3.63, 3.8) is 0 Å². The lowest BCUT2D eigenvalue weighted by molar-refractivity contribution is -0.384. The van der Waals surface area contributed by atoms with Crippen LogP contribution in [-0.2, 0) is 6.54 Å². The third-order valence-corrected chi connectivity index (χ3v) is 3.64. The molecule has 0 amide bonds. The van der Waals surface area contributed by atoms with Crippen molar-refractivity contribution in [1.29, 1.82) is 0 Å². The van der Waals surface area contributed by atoms with Crippen LogP contribution in [0.25, 0.3) is 0 Å². The van der Waals surface area contributed by atoms with Crippen LogP contribution in [0.15, 0.2) is 40.9 Å². The van der Waals surface area contributed by atoms with E-state index in [2.05, 4.69) is 21.2 Å². The molecule has 0 saturated carbocycles. The second-order valence-corrected chi connectivity index (χ2v) is 5.30. The lowest BCUT2D eigenvalue weighted by Gasteiger charge is -2.09. The predicted molar refractivity (Wildman–Crippen MR) is 79.5 cm³/mol. The van der Waals surface area contributed by atoms with Gasteiger partial charge in [-0.25, -0.2) is 4.39 Å². The maximum absolute atomic E-state index is 13.2. The van der Waals surface area contributed by atoms with Crippen LogP contribution in [0.3, 0.4) is 0 Å². The number of nitrogens with one attached hydrogen (secondary N) is 1. The molecule has 0 bridgehead atoms. The molecule has 0 heterocycles. The fraction of sp³-hybridized carbons (Fsp3) is 0.0769. The summed E-state index contributed by atoms with van der Waals surface area (Å²) in [5.74, 6) is -0.539. The number of hydrogen-bond acceptors (Lipinski definition) is 3. The Balaban J connectivity index is 2.24. The van der Waals surface area contributed by atoms with Crippen LogP contribution in [0.1, 0.15) is 5.56 Å². The van der Waals surface area contributed by atoms with Gasteiger partial charge in [-0.1, -0.05) is 27.5 Å². The molecule has 2 rings (SSSR count). The molecule has 7 heteroatoms. The summed E-state index contributed by atoms with van der Waals surface area (Å²) < 4.78 is 14.0. The Morgan fingerprint density at radius 3 is 2.75 bits per heavy atom. The van der Waals surface area contributed by atoms with Gasteiger partial charge in [-0.15, -0.1) is 0 Å². The summed E-state index contributed by atoms with van der Waals surface area (Å²) >= 11 is 9.25. The molecular weight excluding hydrogens is 351 g/mol. The normalized spacial score (nSPS) is 10.3. The fourth-order valence-electron chi connectivity index (χ4n) is 1.68. The highest BCUT2D eigenvalue weighted by Gasteiger charge is 2.14. The van der Waals surface area contributed by atoms with Gasteiger partial charge in [0.2, 0.25) is 0 Å². The lowest BCUT2D eigenvalue weighted by atomic mass is 10.2. The average Bonchev–Trinajstić information content (AvgIpc) is 2.39. The van der Waals surface area contributed by atoms with Crippen molar-refractivity contribution in [2.24, 2.45) is 0 Å². The Morgan fingerprint density at radius 1 is 1.30 bits per heavy atom. The van der Waals surface area contributed by atoms with Gasteiger partial charge in [0.15, 0.2) is 0 Å². The van der Waals surface area contributed by atoms with Crippen LogP contribution < -0.4 is 5.32 Å². The zero-order chi connectivity index (χ0) is 14.7. The van der Waals surface area contributed by atoms with Crippen molar-refractivity contribution < 1.29 is 9.31 Å². The van der Waals surface area contributed by atoms with Crippen LogP contribution >= 0.6 is 27.5 Å². The molecule has 4 nitrogen and oxygen atoms in total. The highest BCUT2D eigenvalue weighted by atomic mass is 79.9. The van der Waals surface area contributed by atoms with Crippen LogP contribution in [-0.4, -0.2) is 4.92 Å². The SMILES string of the molecule is O=[N+]([O-])c1ccc(F)cc1NCc1cc(Cl)ccc1Br. The van der Waals surface area contributed by atoms with E-state index >= 15 is 0 Å². The third-order valence-electron chi connectivity index (χ3n) is 2.63. The topological polar surface area (TPSA) is 55.2 Å². The largest absolute Gasteiger partial charge is 0.375 e. The van der Waals surface area contributed by atoms with Gasteiger partial charge in [-0.2, -0.15) is 0 Å². The van der Waals surface area contributed by atoms with Crippen molar-refractivity contribution in [3.8, 4) is 0 Å². The highest BCUT2D eigenvalue weighted by Crippen LogP contribution is 2.27. The van der Waals surface area contributed by atoms with E-state index in [-0.39, 0.29) is 17.9 Å². The first-order chi connectivity index (χ1) is 9.47. The van der Waals surface area contributed by atoms with Gasteiger partial charge in [-0.3, -0.25) is 10.1 Å². The second-order valence-electron chi connectivity index (χ2n) is 4.01. The summed E-state index contributed by atoms with van der Waals surface area (Å²) in [6.07, 6.45) is 0. The van der Waals surface area contributed by atoms with Crippen molar-refractivity contribution >= 4 is 38.9 Å². The number of benzene rings is 2. The number of nitro benzene ring substituents is 1. The van der Waals surface area contributed by atoms with E-state index < -0.39 is 10.7 Å². The van der Waals surface area contributed by atoms with E-state index in [1.165, 1.54) is 0 Å². The number of nitro groups is 1. The number of halogens is 3. The fourth-order valence-corrected chi connectivity index (χ4v) is 2.26. The van der Waals surface area contributed by atoms with Crippen molar-refractivity contribution in [2.45, 2.75) is 6.54 Å². The minimum Gasteiger partial charge on any atom is -0.375 e. The Kier molecular flexibility index (Phi) is 4.57. The van der Waals surface area contributed by atoms with Gasteiger partial charge in [0.05, 0.1) is 4.92 Å². The van der Waals surface area contributed by atoms with E-state index in [0.717, 1.165) is 28.2 Å². The first kappa shape index (κ1) is 14.7. The van der Waals surface area contributed by atoms with Gasteiger partial charge in [0.25, 0.3) is 5.69 Å². The van der Waals surface area contributed by atoms with E-state index in [0.29, 0.717) is 5.02 Å². The van der Waals surface area contributed by atoms with E-state index in [9.17, 15) is 14.5 Å². The minimum atomic E-state index is -0.561. The van der Waals surface area contributed by atoms with Crippen LogP contribution in [0.2, 0.25) is 5.02 Å². The average molecular weight is 360 g/mol. The molecule has 0 radical (unpaired) electrons. The van der Waals surface area contributed by atoms with Gasteiger partial charge in [-0.05, 0) is 29.8 Å². The Bertz CT molecular complexity index is 667. The molecule has 1 N–H and O–H groups in total. The Labute approximate surface area is 127 Å². The molecule has 0 aromatic heterocycles. The molecule has 20 heavy (non-hydrogen) atoms. The zero-order valence-electron chi connectivity index (χ0n) is 10.1. The Hall–Kier alpha value is -1.66. The molecule has 0 spiro atoms. The molecule has 0 aliphatic rings. The zero-order valence-corrected chi connectivity index (χ0v) is 12.4. The Morgan fingerprint density at radius 2 is 2.05 bits per heavy atom. The summed E-state index contributed by atoms with van der Waals surface area (Å²) in [7, 11) is 0. The second kappa shape index (κ2) is 6.19. The first-order valence-electron chi connectivity index (χ1n) is 5.59. The highest BCUT2D eigenvalue weighted by molar-refractivity contribution is 9.10. The summed E-state index contributed by atoms with van der Waals surface area (Å²) in [4.78, 5) is 10.3. The molecule has 0 saturated heterocycles. The lowest BCUT2D eigenvalue weighted by Crippen LogP contribution is -2.03. The molecule has 2 aromatic carbocycles. The van der Waals surface area contributed by atoms with Crippen molar-refractivity contribution in [2.75, 3.05) is 5.32 Å². The van der Waals surface area contributed by atoms with Gasteiger partial charge >= 0.3 is 0 Å². The number of rotatable bonds is 4. The van der Waals surface area contributed by atoms with Crippen LogP contribution in [0.4, 0.5) is 15.8 Å². The number of nitrogens with zero attached hydrogens (tertiary/aromatic N) is 1. The monoisotopic (exact) mass is 358 g/mol. The molecule has 0 unspecified atom stereocenters. The van der Waals surface area contributed by atoms with E-state index in [4.69, 9.17) is 11.6 Å². The quantitative estimate of drug-likeness (QED) is 0.632. The standard InChI is InChI=1S/C13H9BrClFN2O2/c14-11-3-1-9(15)5-8(11)7-17-12-6-10(16)2-4-13(12)18(19)20/h1-6,17H,7H2. The molecule has 0 aliphatic heterocycles. The number of hydrogen-bond donors (Lipinski definition) is 1. The summed E-state index contributed by atoms with van der Waals surface area (Å²) in [6.45, 7) is 0.283. The van der Waals surface area contributed by atoms with Crippen molar-refractivity contribution in [3.05, 3.63) is 67.4 Å². The maximum atomic E-state index is 13.2. The number of anilines is 1. The van der Waals surface area contributed by atoms with E-state index in [1.807, 2.05) is 0 Å². The maximum Gasteiger partial charge on any atom is 0.292 e. The summed E-state index contributed by atoms with van der Waals surface area (Å²) in [5.41, 5.74) is 0.766. The van der Waals surface area contributed by atoms with Gasteiger partial charge in [0, 0.05) is 28.2 Å². The van der Waals surface area contributed by atoms with Gasteiger partial charge < -0.3 is 5.32 Å². The first-order valence-corrected chi connectivity index (χ1v) is 6.76. The molecule has 2 aromatic rings. The van der Waals surface area contributed by atoms with Crippen molar-refractivity contribution in [1.82, 2.24) is 0 Å². The third kappa shape index (κ3) is 3.46. The van der Waals surface area contributed by atoms with E-state index in [1.54, 1.807) is 18.2 Å². The molecule has 0 atom stereocenters. The molecular formula is C13H9BrClFN2O2. The molecule has 104 valence electrons. The summed E-state index contributed by atoms with van der Waals surface area (Å²) in [5, 5.41) is 14.3. The van der Waals surface area contributed by atoms with Crippen LogP contribution in [0.5, 0.6) is 0 Å². The molecule has 0 aliphatic carbocycles. The smallest absolute Gasteiger partial charge is 0.292 e. The van der Waals surface area contributed by atoms with Gasteiger partial charge in [0.1, 0.15) is 11.5 Å².